The lowest BCUT2D eigenvalue weighted by molar-refractivity contribution is -0.145. The monoisotopic (exact) mass is 379 g/mol. The Hall–Kier alpha value is -3.04. The van der Waals surface area contributed by atoms with Crippen LogP contribution in [0.2, 0.25) is 0 Å². The first-order valence-corrected chi connectivity index (χ1v) is 8.18. The van der Waals surface area contributed by atoms with Gasteiger partial charge in [0.2, 0.25) is 17.6 Å². The smallest absolute Gasteiger partial charge is 0.434 e. The molecule has 0 atom stereocenters. The Balaban J connectivity index is 1.73. The summed E-state index contributed by atoms with van der Waals surface area (Å²) in [5.41, 5.74) is 0.586. The lowest BCUT2D eigenvalue weighted by Crippen LogP contribution is -2.37. The fourth-order valence-corrected chi connectivity index (χ4v) is 2.82. The average molecular weight is 379 g/mol. The molecule has 0 aliphatic carbocycles. The molecule has 0 spiro atoms. The van der Waals surface area contributed by atoms with E-state index < -0.39 is 12.0 Å². The van der Waals surface area contributed by atoms with Crippen molar-refractivity contribution in [1.82, 2.24) is 24.8 Å². The Morgan fingerprint density at radius 1 is 1.15 bits per heavy atom. The third kappa shape index (κ3) is 4.39. The van der Waals surface area contributed by atoms with Gasteiger partial charge in [-0.2, -0.15) is 13.2 Å². The summed E-state index contributed by atoms with van der Waals surface area (Å²) < 4.78 is 43.2. The van der Waals surface area contributed by atoms with Crippen LogP contribution in [-0.4, -0.2) is 43.8 Å². The van der Waals surface area contributed by atoms with Crippen molar-refractivity contribution in [2.24, 2.45) is 0 Å². The fraction of sp³-hybridized carbons (Fsp3) is 0.353. The number of carbonyl (C=O) groups excluding carboxylic acids is 1. The van der Waals surface area contributed by atoms with E-state index in [-0.39, 0.29) is 23.5 Å². The Kier molecular flexibility index (Phi) is 5.33. The SMILES string of the molecule is C=CC(=O)N1CCC(c2nccnc2Oc2cnc(C(F)(F)F)nc2)CC1. The summed E-state index contributed by atoms with van der Waals surface area (Å²) in [5, 5.41) is 0. The molecule has 1 amide bonds. The molecule has 0 aromatic carbocycles. The number of hydrogen-bond donors (Lipinski definition) is 0. The minimum atomic E-state index is -4.62. The molecule has 1 aliphatic rings. The highest BCUT2D eigenvalue weighted by Crippen LogP contribution is 2.33. The molecule has 1 saturated heterocycles. The molecule has 0 radical (unpaired) electrons. The number of piperidine rings is 1. The fourth-order valence-electron chi connectivity index (χ4n) is 2.82. The largest absolute Gasteiger partial charge is 0.451 e. The minimum absolute atomic E-state index is 0.0120. The molecule has 1 aliphatic heterocycles. The molecular weight excluding hydrogens is 363 g/mol. The van der Waals surface area contributed by atoms with Gasteiger partial charge in [0.25, 0.3) is 0 Å². The second-order valence-corrected chi connectivity index (χ2v) is 5.89. The summed E-state index contributed by atoms with van der Waals surface area (Å²) in [6.45, 7) is 4.58. The molecule has 0 bridgehead atoms. The molecule has 2 aromatic heterocycles. The highest BCUT2D eigenvalue weighted by atomic mass is 19.4. The molecule has 3 heterocycles. The van der Waals surface area contributed by atoms with Crippen molar-refractivity contribution in [3.8, 4) is 11.6 Å². The zero-order valence-electron chi connectivity index (χ0n) is 14.2. The maximum absolute atomic E-state index is 12.5. The van der Waals surface area contributed by atoms with Crippen LogP contribution in [0.25, 0.3) is 0 Å². The maximum atomic E-state index is 12.5. The van der Waals surface area contributed by atoms with Crippen molar-refractivity contribution in [3.63, 3.8) is 0 Å². The summed E-state index contributed by atoms with van der Waals surface area (Å²) in [7, 11) is 0. The van der Waals surface area contributed by atoms with Crippen molar-refractivity contribution in [1.29, 1.82) is 0 Å². The van der Waals surface area contributed by atoms with Crippen molar-refractivity contribution in [3.05, 3.63) is 49.0 Å². The lowest BCUT2D eigenvalue weighted by atomic mass is 9.93. The molecular formula is C17H16F3N5O2. The zero-order valence-corrected chi connectivity index (χ0v) is 14.2. The van der Waals surface area contributed by atoms with E-state index >= 15 is 0 Å². The molecule has 1 fully saturated rings. The lowest BCUT2D eigenvalue weighted by Gasteiger charge is -2.31. The number of hydrogen-bond acceptors (Lipinski definition) is 6. The van der Waals surface area contributed by atoms with Gasteiger partial charge in [0, 0.05) is 31.4 Å². The summed E-state index contributed by atoms with van der Waals surface area (Å²) in [5.74, 6) is -1.13. The average Bonchev–Trinajstić information content (AvgIpc) is 2.68. The highest BCUT2D eigenvalue weighted by molar-refractivity contribution is 5.87. The third-order valence-electron chi connectivity index (χ3n) is 4.16. The van der Waals surface area contributed by atoms with Crippen molar-refractivity contribution < 1.29 is 22.7 Å². The van der Waals surface area contributed by atoms with Gasteiger partial charge in [0.05, 0.1) is 12.4 Å². The summed E-state index contributed by atoms with van der Waals surface area (Å²) in [6.07, 6.45) is 2.83. The van der Waals surface area contributed by atoms with Gasteiger partial charge in [-0.25, -0.2) is 15.0 Å². The van der Waals surface area contributed by atoms with Gasteiger partial charge < -0.3 is 9.64 Å². The first-order chi connectivity index (χ1) is 12.9. The van der Waals surface area contributed by atoms with Gasteiger partial charge in [-0.3, -0.25) is 9.78 Å². The number of likely N-dealkylation sites (tertiary alicyclic amines) is 1. The second-order valence-electron chi connectivity index (χ2n) is 5.89. The summed E-state index contributed by atoms with van der Waals surface area (Å²) >= 11 is 0. The normalized spacial score (nSPS) is 15.4. The molecule has 142 valence electrons. The van der Waals surface area contributed by atoms with Crippen LogP contribution in [0.15, 0.2) is 37.4 Å². The number of nitrogens with zero attached hydrogens (tertiary/aromatic N) is 5. The van der Waals surface area contributed by atoms with Gasteiger partial charge in [-0.1, -0.05) is 6.58 Å². The Bertz CT molecular complexity index is 818. The highest BCUT2D eigenvalue weighted by Gasteiger charge is 2.34. The van der Waals surface area contributed by atoms with E-state index in [1.165, 1.54) is 18.5 Å². The van der Waals surface area contributed by atoms with E-state index in [1.807, 2.05) is 0 Å². The minimum Gasteiger partial charge on any atom is -0.434 e. The van der Waals surface area contributed by atoms with Crippen LogP contribution < -0.4 is 4.74 Å². The van der Waals surface area contributed by atoms with Gasteiger partial charge in [0.1, 0.15) is 5.69 Å². The topological polar surface area (TPSA) is 81.1 Å². The Morgan fingerprint density at radius 3 is 2.37 bits per heavy atom. The number of amides is 1. The van der Waals surface area contributed by atoms with E-state index in [0.29, 0.717) is 31.6 Å². The van der Waals surface area contributed by atoms with Gasteiger partial charge in [0.15, 0.2) is 5.75 Å². The van der Waals surface area contributed by atoms with Crippen LogP contribution in [0, 0.1) is 0 Å². The van der Waals surface area contributed by atoms with Crippen LogP contribution >= 0.6 is 0 Å². The second kappa shape index (κ2) is 7.68. The molecule has 2 aromatic rings. The molecule has 27 heavy (non-hydrogen) atoms. The van der Waals surface area contributed by atoms with Gasteiger partial charge in [-0.05, 0) is 18.9 Å². The number of halogens is 3. The van der Waals surface area contributed by atoms with Gasteiger partial charge >= 0.3 is 6.18 Å². The van der Waals surface area contributed by atoms with E-state index in [9.17, 15) is 18.0 Å². The third-order valence-corrected chi connectivity index (χ3v) is 4.16. The molecule has 0 unspecified atom stereocenters. The first-order valence-electron chi connectivity index (χ1n) is 8.18. The van der Waals surface area contributed by atoms with Crippen LogP contribution in [0.5, 0.6) is 11.6 Å². The molecule has 0 N–H and O–H groups in total. The summed E-state index contributed by atoms with van der Waals surface area (Å²) in [6, 6.07) is 0. The quantitative estimate of drug-likeness (QED) is 0.760. The van der Waals surface area contributed by atoms with Crippen LogP contribution in [0.1, 0.15) is 30.3 Å². The number of aromatic nitrogens is 4. The standard InChI is InChI=1S/C17H16F3N5O2/c1-2-13(26)25-7-3-11(4-8-25)14-15(22-6-5-21-14)27-12-9-23-16(24-10-12)17(18,19)20/h2,5-6,9-11H,1,3-4,7-8H2. The summed E-state index contributed by atoms with van der Waals surface area (Å²) in [4.78, 5) is 28.3. The maximum Gasteiger partial charge on any atom is 0.451 e. The molecule has 3 rings (SSSR count). The van der Waals surface area contributed by atoms with Gasteiger partial charge in [-0.15, -0.1) is 0 Å². The van der Waals surface area contributed by atoms with E-state index in [0.717, 1.165) is 12.4 Å². The number of rotatable bonds is 4. The number of alkyl halides is 3. The van der Waals surface area contributed by atoms with E-state index in [2.05, 4.69) is 26.5 Å². The molecule has 10 heteroatoms. The van der Waals surface area contributed by atoms with Crippen LogP contribution in [-0.2, 0) is 11.0 Å². The number of carbonyl (C=O) groups is 1. The van der Waals surface area contributed by atoms with E-state index in [1.54, 1.807) is 4.90 Å². The van der Waals surface area contributed by atoms with E-state index in [4.69, 9.17) is 4.74 Å². The molecule has 7 nitrogen and oxygen atoms in total. The first kappa shape index (κ1) is 18.7. The van der Waals surface area contributed by atoms with Crippen LogP contribution in [0.4, 0.5) is 13.2 Å². The van der Waals surface area contributed by atoms with Crippen LogP contribution in [0.3, 0.4) is 0 Å². The predicted molar refractivity (Wildman–Crippen MR) is 87.9 cm³/mol. The number of ether oxygens (including phenoxy) is 1. The van der Waals surface area contributed by atoms with Crippen molar-refractivity contribution >= 4 is 5.91 Å². The van der Waals surface area contributed by atoms with Crippen molar-refractivity contribution in [2.75, 3.05) is 13.1 Å². The van der Waals surface area contributed by atoms with Crippen molar-refractivity contribution in [2.45, 2.75) is 24.9 Å². The Morgan fingerprint density at radius 2 is 1.78 bits per heavy atom. The predicted octanol–water partition coefficient (Wildman–Crippen LogP) is 2.97. The Labute approximate surface area is 152 Å². The zero-order chi connectivity index (χ0) is 19.4. The molecule has 0 saturated carbocycles.